The van der Waals surface area contributed by atoms with Crippen LogP contribution < -0.4 is 0 Å². The van der Waals surface area contributed by atoms with E-state index in [1.54, 1.807) is 0 Å². The zero-order valence-electron chi connectivity index (χ0n) is 15.8. The predicted molar refractivity (Wildman–Crippen MR) is 102 cm³/mol. The summed E-state index contributed by atoms with van der Waals surface area (Å²) in [6.07, 6.45) is 5.67. The third kappa shape index (κ3) is 2.84. The molecule has 2 atom stereocenters. The minimum Gasteiger partial charge on any atom is -0.451 e. The summed E-state index contributed by atoms with van der Waals surface area (Å²) in [4.78, 5) is 30.0. The fraction of sp³-hybridized carbons (Fsp3) is 0.545. The second-order valence-electron chi connectivity index (χ2n) is 8.53. The lowest BCUT2D eigenvalue weighted by Crippen LogP contribution is -2.50. The van der Waals surface area contributed by atoms with Gasteiger partial charge in [-0.05, 0) is 50.2 Å². The number of hydrogen-bond acceptors (Lipinski definition) is 3. The van der Waals surface area contributed by atoms with Crippen molar-refractivity contribution in [1.82, 2.24) is 9.80 Å². The molecule has 2 aromatic rings. The van der Waals surface area contributed by atoms with Gasteiger partial charge in [0.05, 0.1) is 5.92 Å². The molecule has 5 heteroatoms. The highest BCUT2D eigenvalue weighted by molar-refractivity contribution is 5.97. The van der Waals surface area contributed by atoms with Gasteiger partial charge in [0.15, 0.2) is 5.76 Å². The predicted octanol–water partition coefficient (Wildman–Crippen LogP) is 3.60. The molecule has 2 bridgehead atoms. The summed E-state index contributed by atoms with van der Waals surface area (Å²) in [6.45, 7) is 4.02. The normalized spacial score (nSPS) is 25.7. The van der Waals surface area contributed by atoms with Crippen LogP contribution >= 0.6 is 0 Å². The Morgan fingerprint density at radius 2 is 2.04 bits per heavy atom. The number of rotatable bonds is 3. The van der Waals surface area contributed by atoms with Crippen LogP contribution in [0.1, 0.15) is 48.2 Å². The molecule has 4 fully saturated rings. The van der Waals surface area contributed by atoms with Crippen LogP contribution in [0.5, 0.6) is 0 Å². The molecule has 5 nitrogen and oxygen atoms in total. The van der Waals surface area contributed by atoms with Crippen molar-refractivity contribution < 1.29 is 14.0 Å². The highest BCUT2D eigenvalue weighted by Gasteiger charge is 2.43. The Balaban J connectivity index is 1.39. The van der Waals surface area contributed by atoms with Gasteiger partial charge in [-0.3, -0.25) is 9.59 Å². The first-order valence-corrected chi connectivity index (χ1v) is 10.2. The molecule has 27 heavy (non-hydrogen) atoms. The second kappa shape index (κ2) is 6.39. The van der Waals surface area contributed by atoms with Gasteiger partial charge < -0.3 is 14.2 Å². The quantitative estimate of drug-likeness (QED) is 0.834. The Hall–Kier alpha value is -2.30. The van der Waals surface area contributed by atoms with Crippen molar-refractivity contribution in [3.8, 4) is 0 Å². The van der Waals surface area contributed by atoms with E-state index >= 15 is 0 Å². The van der Waals surface area contributed by atoms with E-state index in [1.807, 2.05) is 36.1 Å². The lowest BCUT2D eigenvalue weighted by atomic mass is 9.83. The summed E-state index contributed by atoms with van der Waals surface area (Å²) in [5, 5.41) is 0.957. The molecular formula is C22H26N2O3. The maximum absolute atomic E-state index is 13.2. The maximum Gasteiger partial charge on any atom is 0.289 e. The minimum absolute atomic E-state index is 0.0566. The van der Waals surface area contributed by atoms with E-state index < -0.39 is 0 Å². The van der Waals surface area contributed by atoms with E-state index in [9.17, 15) is 9.59 Å². The molecule has 2 unspecified atom stereocenters. The van der Waals surface area contributed by atoms with Crippen molar-refractivity contribution in [1.29, 1.82) is 0 Å². The summed E-state index contributed by atoms with van der Waals surface area (Å²) < 4.78 is 5.90. The number of hydrogen-bond donors (Lipinski definition) is 0. The van der Waals surface area contributed by atoms with Gasteiger partial charge in [0.25, 0.3) is 5.91 Å². The molecule has 3 saturated heterocycles. The van der Waals surface area contributed by atoms with Crippen LogP contribution in [0.25, 0.3) is 11.0 Å². The second-order valence-corrected chi connectivity index (χ2v) is 8.53. The van der Waals surface area contributed by atoms with E-state index in [0.29, 0.717) is 24.8 Å². The maximum atomic E-state index is 13.2. The van der Waals surface area contributed by atoms with Crippen LogP contribution in [0.4, 0.5) is 0 Å². The number of para-hydroxylation sites is 1. The number of furan rings is 1. The first-order chi connectivity index (χ1) is 13.1. The van der Waals surface area contributed by atoms with Crippen molar-refractivity contribution in [3.05, 3.63) is 35.6 Å². The zero-order valence-corrected chi connectivity index (χ0v) is 15.8. The molecule has 0 radical (unpaired) electrons. The average Bonchev–Trinajstić information content (AvgIpc) is 2.88. The summed E-state index contributed by atoms with van der Waals surface area (Å²) in [5.41, 5.74) is 1.81. The molecule has 4 heterocycles. The molecule has 1 aromatic carbocycles. The first-order valence-electron chi connectivity index (χ1n) is 10.2. The SMILES string of the molecule is Cc1cccc2cc(C(=O)N3CC4CCC(C3)N(CC3CCC3)C4=O)oc12. The van der Waals surface area contributed by atoms with E-state index in [1.165, 1.54) is 19.3 Å². The monoisotopic (exact) mass is 366 g/mol. The lowest BCUT2D eigenvalue weighted by Gasteiger charge is -2.40. The van der Waals surface area contributed by atoms with Crippen LogP contribution in [0.3, 0.4) is 0 Å². The number of fused-ring (bicyclic) bond motifs is 5. The van der Waals surface area contributed by atoms with Crippen molar-refractivity contribution in [2.24, 2.45) is 11.8 Å². The molecule has 1 aliphatic carbocycles. The van der Waals surface area contributed by atoms with Gasteiger partial charge in [-0.15, -0.1) is 0 Å². The zero-order chi connectivity index (χ0) is 18.5. The summed E-state index contributed by atoms with van der Waals surface area (Å²) in [6, 6.07) is 7.93. The Labute approximate surface area is 159 Å². The van der Waals surface area contributed by atoms with Crippen LogP contribution in [0.2, 0.25) is 0 Å². The molecular weight excluding hydrogens is 340 g/mol. The average molecular weight is 366 g/mol. The van der Waals surface area contributed by atoms with E-state index in [-0.39, 0.29) is 23.8 Å². The summed E-state index contributed by atoms with van der Waals surface area (Å²) >= 11 is 0. The lowest BCUT2D eigenvalue weighted by molar-refractivity contribution is -0.141. The van der Waals surface area contributed by atoms with Gasteiger partial charge in [0.2, 0.25) is 5.91 Å². The molecule has 2 amide bonds. The van der Waals surface area contributed by atoms with Crippen LogP contribution in [-0.4, -0.2) is 47.3 Å². The largest absolute Gasteiger partial charge is 0.451 e. The number of carbonyl (C=O) groups excluding carboxylic acids is 2. The van der Waals surface area contributed by atoms with Gasteiger partial charge in [-0.2, -0.15) is 0 Å². The van der Waals surface area contributed by atoms with Crippen molar-refractivity contribution in [2.75, 3.05) is 19.6 Å². The van der Waals surface area contributed by atoms with Crippen molar-refractivity contribution >= 4 is 22.8 Å². The van der Waals surface area contributed by atoms with Gasteiger partial charge in [0, 0.05) is 31.1 Å². The number of aryl methyl sites for hydroxylation is 1. The molecule has 1 aromatic heterocycles. The molecule has 3 aliphatic heterocycles. The Morgan fingerprint density at radius 3 is 2.78 bits per heavy atom. The Kier molecular flexibility index (Phi) is 3.99. The highest BCUT2D eigenvalue weighted by atomic mass is 16.3. The number of nitrogens with zero attached hydrogens (tertiary/aromatic N) is 2. The molecule has 0 spiro atoms. The third-order valence-electron chi connectivity index (χ3n) is 6.71. The van der Waals surface area contributed by atoms with Gasteiger partial charge in [0.1, 0.15) is 5.58 Å². The van der Waals surface area contributed by atoms with E-state index in [4.69, 9.17) is 4.42 Å². The van der Waals surface area contributed by atoms with Crippen LogP contribution in [0, 0.1) is 18.8 Å². The Morgan fingerprint density at radius 1 is 1.19 bits per heavy atom. The number of carbonyl (C=O) groups is 2. The molecule has 6 rings (SSSR count). The van der Waals surface area contributed by atoms with Crippen molar-refractivity contribution in [3.63, 3.8) is 0 Å². The molecule has 0 N–H and O–H groups in total. The number of piperidine rings is 1. The fourth-order valence-electron chi connectivity index (χ4n) is 4.87. The van der Waals surface area contributed by atoms with Gasteiger partial charge in [-0.1, -0.05) is 24.6 Å². The number of benzene rings is 1. The topological polar surface area (TPSA) is 53.8 Å². The summed E-state index contributed by atoms with van der Waals surface area (Å²) in [5.74, 6) is 1.17. The molecule has 142 valence electrons. The van der Waals surface area contributed by atoms with E-state index in [2.05, 4.69) is 4.90 Å². The fourth-order valence-corrected chi connectivity index (χ4v) is 4.87. The molecule has 1 saturated carbocycles. The van der Waals surface area contributed by atoms with E-state index in [0.717, 1.165) is 35.9 Å². The first kappa shape index (κ1) is 16.8. The van der Waals surface area contributed by atoms with Gasteiger partial charge >= 0.3 is 0 Å². The van der Waals surface area contributed by atoms with Gasteiger partial charge in [-0.25, -0.2) is 0 Å². The summed E-state index contributed by atoms with van der Waals surface area (Å²) in [7, 11) is 0. The number of amides is 2. The van der Waals surface area contributed by atoms with Crippen LogP contribution in [-0.2, 0) is 4.79 Å². The highest BCUT2D eigenvalue weighted by Crippen LogP contribution is 2.34. The van der Waals surface area contributed by atoms with Crippen molar-refractivity contribution in [2.45, 2.75) is 45.1 Å². The standard InChI is InChI=1S/C22H26N2O3/c1-14-4-2-7-16-10-19(27-20(14)16)22(26)23-12-17-8-9-18(13-23)24(21(17)25)11-15-5-3-6-15/h2,4,7,10,15,17-18H,3,5-6,8-9,11-13H2,1H3. The minimum atomic E-state index is -0.0826. The smallest absolute Gasteiger partial charge is 0.289 e. The third-order valence-corrected chi connectivity index (χ3v) is 6.71. The molecule has 4 aliphatic rings. The Bertz CT molecular complexity index is 898. The van der Waals surface area contributed by atoms with Crippen LogP contribution in [0.15, 0.2) is 28.7 Å².